The molecule has 0 saturated carbocycles. The summed E-state index contributed by atoms with van der Waals surface area (Å²) in [6.45, 7) is 6.61. The lowest BCUT2D eigenvalue weighted by Crippen LogP contribution is -2.38. The number of halogens is 3. The van der Waals surface area contributed by atoms with E-state index >= 15 is 0 Å². The number of hydrogen-bond donors (Lipinski definition) is 1. The fraction of sp³-hybridized carbons (Fsp3) is 0.348. The second-order valence-corrected chi connectivity index (χ2v) is 11.4. The van der Waals surface area contributed by atoms with Crippen molar-refractivity contribution < 1.29 is 17.9 Å². The molecule has 6 nitrogen and oxygen atoms in total. The van der Waals surface area contributed by atoms with Gasteiger partial charge in [-0.1, -0.05) is 41.4 Å². The molecule has 1 amide bonds. The Kier molecular flexibility index (Phi) is 8.35. The van der Waals surface area contributed by atoms with Crippen LogP contribution in [0.3, 0.4) is 0 Å². The minimum Gasteiger partial charge on any atom is -0.454 e. The molecule has 1 heterocycles. The largest absolute Gasteiger partial charge is 0.454 e. The average Bonchev–Trinajstić information content (AvgIpc) is 2.71. The molecular formula is C23H25Cl3N2O4S. The van der Waals surface area contributed by atoms with Crippen molar-refractivity contribution in [3.63, 3.8) is 0 Å². The van der Waals surface area contributed by atoms with Gasteiger partial charge in [0.05, 0.1) is 16.3 Å². The Morgan fingerprint density at radius 1 is 1.12 bits per heavy atom. The monoisotopic (exact) mass is 530 g/mol. The van der Waals surface area contributed by atoms with Crippen molar-refractivity contribution >= 4 is 62.0 Å². The highest BCUT2D eigenvalue weighted by molar-refractivity contribution is 7.88. The molecule has 178 valence electrons. The van der Waals surface area contributed by atoms with Gasteiger partial charge in [0.1, 0.15) is 5.75 Å². The smallest absolute Gasteiger partial charge is 0.224 e. The zero-order valence-electron chi connectivity index (χ0n) is 18.3. The Labute approximate surface area is 209 Å². The van der Waals surface area contributed by atoms with Crippen molar-refractivity contribution in [2.24, 2.45) is 5.92 Å². The summed E-state index contributed by atoms with van der Waals surface area (Å²) in [6.07, 6.45) is 2.77. The minimum absolute atomic E-state index is 0.115. The highest BCUT2D eigenvalue weighted by Gasteiger charge is 2.26. The Morgan fingerprint density at radius 3 is 2.27 bits per heavy atom. The van der Waals surface area contributed by atoms with Crippen LogP contribution in [0.2, 0.25) is 15.1 Å². The number of hydrogen-bond acceptors (Lipinski definition) is 4. The number of allylic oxidation sites excluding steroid dienone is 1. The van der Waals surface area contributed by atoms with Crippen LogP contribution >= 0.6 is 34.8 Å². The predicted octanol–water partition coefficient (Wildman–Crippen LogP) is 6.47. The lowest BCUT2D eigenvalue weighted by atomic mass is 9.94. The molecule has 10 heteroatoms. The number of rotatable bonds is 7. The van der Waals surface area contributed by atoms with Gasteiger partial charge in [-0.3, -0.25) is 4.79 Å². The number of sulfonamides is 1. The van der Waals surface area contributed by atoms with E-state index in [0.29, 0.717) is 48.8 Å². The van der Waals surface area contributed by atoms with E-state index in [1.54, 1.807) is 30.3 Å². The van der Waals surface area contributed by atoms with Gasteiger partial charge in [0.15, 0.2) is 5.75 Å². The molecule has 0 spiro atoms. The Bertz CT molecular complexity index is 1150. The lowest BCUT2D eigenvalue weighted by molar-refractivity contribution is -0.117. The van der Waals surface area contributed by atoms with Gasteiger partial charge in [0.25, 0.3) is 0 Å². The molecule has 33 heavy (non-hydrogen) atoms. The zero-order valence-corrected chi connectivity index (χ0v) is 21.4. The molecule has 1 N–H and O–H groups in total. The van der Waals surface area contributed by atoms with Crippen molar-refractivity contribution in [1.29, 1.82) is 0 Å². The minimum atomic E-state index is -3.19. The molecule has 1 aliphatic heterocycles. The fourth-order valence-corrected chi connectivity index (χ4v) is 5.38. The van der Waals surface area contributed by atoms with Crippen LogP contribution in [-0.4, -0.2) is 38.0 Å². The standard InChI is InChI=1S/C23H25Cl3N2O4S/c1-14(2)18-13-17(4-5-19(18)24)32-23-20(25)11-16(12-21(23)26)27-22(29)10-15-6-8-28(9-7-15)33(3,30)31/h4-5,11-13,15H,1,6-10H2,2-3H3,(H,27,29). The van der Waals surface area contributed by atoms with Crippen molar-refractivity contribution in [2.75, 3.05) is 24.7 Å². The molecule has 2 aromatic rings. The van der Waals surface area contributed by atoms with Crippen LogP contribution in [-0.2, 0) is 14.8 Å². The first-order chi connectivity index (χ1) is 15.4. The highest BCUT2D eigenvalue weighted by atomic mass is 35.5. The van der Waals surface area contributed by atoms with Gasteiger partial charge in [0, 0.05) is 30.2 Å². The van der Waals surface area contributed by atoms with E-state index in [2.05, 4.69) is 11.9 Å². The van der Waals surface area contributed by atoms with Gasteiger partial charge in [0.2, 0.25) is 15.9 Å². The number of ether oxygens (including phenoxy) is 1. The number of amides is 1. The van der Waals surface area contributed by atoms with Gasteiger partial charge in [-0.2, -0.15) is 0 Å². The summed E-state index contributed by atoms with van der Waals surface area (Å²) >= 11 is 19.0. The summed E-state index contributed by atoms with van der Waals surface area (Å²) in [5.41, 5.74) is 2.00. The van der Waals surface area contributed by atoms with Crippen LogP contribution in [0.1, 0.15) is 31.7 Å². The van der Waals surface area contributed by atoms with Gasteiger partial charge >= 0.3 is 0 Å². The number of piperidine rings is 1. The van der Waals surface area contributed by atoms with E-state index in [-0.39, 0.29) is 27.6 Å². The van der Waals surface area contributed by atoms with Crippen LogP contribution in [0.4, 0.5) is 5.69 Å². The second-order valence-electron chi connectivity index (χ2n) is 8.15. The zero-order chi connectivity index (χ0) is 24.3. The lowest BCUT2D eigenvalue weighted by Gasteiger charge is -2.29. The average molecular weight is 532 g/mol. The van der Waals surface area contributed by atoms with Gasteiger partial charge in [-0.25, -0.2) is 12.7 Å². The summed E-state index contributed by atoms with van der Waals surface area (Å²) < 4.78 is 30.6. The van der Waals surface area contributed by atoms with E-state index in [4.69, 9.17) is 39.5 Å². The van der Waals surface area contributed by atoms with E-state index in [1.807, 2.05) is 6.92 Å². The molecule has 0 radical (unpaired) electrons. The van der Waals surface area contributed by atoms with E-state index in [1.165, 1.54) is 10.6 Å². The van der Waals surface area contributed by atoms with E-state index in [0.717, 1.165) is 11.1 Å². The molecule has 1 saturated heterocycles. The third-order valence-corrected chi connectivity index (χ3v) is 7.61. The van der Waals surface area contributed by atoms with Crippen LogP contribution in [0.25, 0.3) is 5.57 Å². The van der Waals surface area contributed by atoms with Crippen molar-refractivity contribution in [3.8, 4) is 11.5 Å². The van der Waals surface area contributed by atoms with Crippen molar-refractivity contribution in [3.05, 3.63) is 57.5 Å². The molecular weight excluding hydrogens is 507 g/mol. The first kappa shape index (κ1) is 25.8. The fourth-order valence-electron chi connectivity index (χ4n) is 3.66. The number of anilines is 1. The normalized spacial score (nSPS) is 15.3. The molecule has 2 aromatic carbocycles. The molecule has 0 bridgehead atoms. The van der Waals surface area contributed by atoms with Crippen LogP contribution < -0.4 is 10.1 Å². The molecule has 1 fully saturated rings. The maximum absolute atomic E-state index is 12.5. The third-order valence-electron chi connectivity index (χ3n) is 5.42. The van der Waals surface area contributed by atoms with Gasteiger partial charge < -0.3 is 10.1 Å². The number of benzene rings is 2. The van der Waals surface area contributed by atoms with Crippen LogP contribution in [0.15, 0.2) is 36.9 Å². The summed E-state index contributed by atoms with van der Waals surface area (Å²) in [6, 6.07) is 8.30. The number of nitrogens with one attached hydrogen (secondary N) is 1. The number of nitrogens with zero attached hydrogens (tertiary/aromatic N) is 1. The molecule has 1 aliphatic rings. The maximum Gasteiger partial charge on any atom is 0.224 e. The summed E-state index contributed by atoms with van der Waals surface area (Å²) in [4.78, 5) is 12.5. The molecule has 3 rings (SSSR count). The number of carbonyl (C=O) groups is 1. The van der Waals surface area contributed by atoms with E-state index in [9.17, 15) is 13.2 Å². The summed E-state index contributed by atoms with van der Waals surface area (Å²) in [5, 5.41) is 3.86. The Morgan fingerprint density at radius 2 is 1.73 bits per heavy atom. The third kappa shape index (κ3) is 6.87. The summed E-state index contributed by atoms with van der Waals surface area (Å²) in [7, 11) is -3.19. The van der Waals surface area contributed by atoms with Crippen LogP contribution in [0, 0.1) is 5.92 Å². The molecule has 0 atom stereocenters. The quantitative estimate of drug-likeness (QED) is 0.444. The van der Waals surface area contributed by atoms with Gasteiger partial charge in [-0.15, -0.1) is 0 Å². The first-order valence-electron chi connectivity index (χ1n) is 10.3. The second kappa shape index (κ2) is 10.7. The highest BCUT2D eigenvalue weighted by Crippen LogP contribution is 2.40. The van der Waals surface area contributed by atoms with Gasteiger partial charge in [-0.05, 0) is 67.2 Å². The molecule has 0 unspecified atom stereocenters. The SMILES string of the molecule is C=C(C)c1cc(Oc2c(Cl)cc(NC(=O)CC3CCN(S(C)(=O)=O)CC3)cc2Cl)ccc1Cl. The van der Waals surface area contributed by atoms with E-state index < -0.39 is 10.0 Å². The first-order valence-corrected chi connectivity index (χ1v) is 13.3. The Hall–Kier alpha value is -1.77. The topological polar surface area (TPSA) is 75.7 Å². The van der Waals surface area contributed by atoms with Crippen molar-refractivity contribution in [2.45, 2.75) is 26.2 Å². The predicted molar refractivity (Wildman–Crippen MR) is 135 cm³/mol. The maximum atomic E-state index is 12.5. The summed E-state index contributed by atoms with van der Waals surface area (Å²) in [5.74, 6) is 0.694. The molecule has 0 aromatic heterocycles. The van der Waals surface area contributed by atoms with Crippen molar-refractivity contribution in [1.82, 2.24) is 4.31 Å². The number of carbonyl (C=O) groups excluding carboxylic acids is 1. The van der Waals surface area contributed by atoms with Crippen LogP contribution in [0.5, 0.6) is 11.5 Å². The Balaban J connectivity index is 1.64. The molecule has 0 aliphatic carbocycles.